The maximum absolute atomic E-state index is 12.7. The van der Waals surface area contributed by atoms with Crippen LogP contribution in [-0.4, -0.2) is 6.54 Å². The van der Waals surface area contributed by atoms with Gasteiger partial charge in [0.25, 0.3) is 0 Å². The van der Waals surface area contributed by atoms with Crippen molar-refractivity contribution in [2.75, 3.05) is 6.54 Å². The summed E-state index contributed by atoms with van der Waals surface area (Å²) < 4.78 is 38.1. The van der Waals surface area contributed by atoms with Gasteiger partial charge in [0.1, 0.15) is 0 Å². The Bertz CT molecular complexity index is 600. The Labute approximate surface area is 110 Å². The Morgan fingerprint density at radius 3 is 2.32 bits per heavy atom. The van der Waals surface area contributed by atoms with Gasteiger partial charge < -0.3 is 5.73 Å². The highest BCUT2D eigenvalue weighted by molar-refractivity contribution is 5.87. The fourth-order valence-electron chi connectivity index (χ4n) is 2.16. The lowest BCUT2D eigenvalue weighted by Crippen LogP contribution is -2.28. The SMILES string of the molecule is CC(C)(CN)c1cccc2cc(C(F)(F)F)ccc12. The van der Waals surface area contributed by atoms with Crippen LogP contribution in [0.15, 0.2) is 36.4 Å². The molecule has 4 heteroatoms. The summed E-state index contributed by atoms with van der Waals surface area (Å²) in [6.07, 6.45) is -4.31. The van der Waals surface area contributed by atoms with Gasteiger partial charge in [-0.3, -0.25) is 0 Å². The van der Waals surface area contributed by atoms with Crippen molar-refractivity contribution < 1.29 is 13.2 Å². The first kappa shape index (κ1) is 13.9. The molecule has 0 aromatic heterocycles. The van der Waals surface area contributed by atoms with E-state index in [1.165, 1.54) is 12.1 Å². The van der Waals surface area contributed by atoms with Crippen molar-refractivity contribution in [3.8, 4) is 0 Å². The van der Waals surface area contributed by atoms with Crippen LogP contribution in [-0.2, 0) is 11.6 Å². The van der Waals surface area contributed by atoms with Gasteiger partial charge in [-0.1, -0.05) is 38.1 Å². The molecule has 0 amide bonds. The van der Waals surface area contributed by atoms with Gasteiger partial charge in [0.05, 0.1) is 5.56 Å². The predicted molar refractivity (Wildman–Crippen MR) is 71.0 cm³/mol. The minimum Gasteiger partial charge on any atom is -0.330 e. The van der Waals surface area contributed by atoms with E-state index in [2.05, 4.69) is 0 Å². The van der Waals surface area contributed by atoms with E-state index >= 15 is 0 Å². The van der Waals surface area contributed by atoms with Gasteiger partial charge in [-0.2, -0.15) is 13.2 Å². The van der Waals surface area contributed by atoms with Crippen molar-refractivity contribution >= 4 is 10.8 Å². The van der Waals surface area contributed by atoms with E-state index in [4.69, 9.17) is 5.73 Å². The zero-order valence-electron chi connectivity index (χ0n) is 10.9. The van der Waals surface area contributed by atoms with Crippen LogP contribution >= 0.6 is 0 Å². The zero-order chi connectivity index (χ0) is 14.3. The third-order valence-corrected chi connectivity index (χ3v) is 3.45. The van der Waals surface area contributed by atoms with Gasteiger partial charge in [0.15, 0.2) is 0 Å². The monoisotopic (exact) mass is 267 g/mol. The number of fused-ring (bicyclic) bond motifs is 1. The highest BCUT2D eigenvalue weighted by atomic mass is 19.4. The summed E-state index contributed by atoms with van der Waals surface area (Å²) in [7, 11) is 0. The molecule has 2 aromatic carbocycles. The first-order chi connectivity index (χ1) is 8.75. The molecule has 19 heavy (non-hydrogen) atoms. The molecule has 0 bridgehead atoms. The minimum atomic E-state index is -4.31. The standard InChI is InChI=1S/C15H16F3N/c1-14(2,9-19)13-5-3-4-10-8-11(15(16,17)18)6-7-12(10)13/h3-8H,9,19H2,1-2H3. The number of halogens is 3. The molecule has 0 aliphatic rings. The normalized spacial score (nSPS) is 12.9. The molecule has 0 saturated carbocycles. The van der Waals surface area contributed by atoms with Crippen molar-refractivity contribution in [3.05, 3.63) is 47.5 Å². The van der Waals surface area contributed by atoms with E-state index < -0.39 is 11.7 Å². The van der Waals surface area contributed by atoms with Crippen molar-refractivity contribution in [2.24, 2.45) is 5.73 Å². The summed E-state index contributed by atoms with van der Waals surface area (Å²) in [5.41, 5.74) is 5.83. The maximum Gasteiger partial charge on any atom is 0.416 e. The number of hydrogen-bond acceptors (Lipinski definition) is 1. The second kappa shape index (κ2) is 4.53. The molecule has 0 saturated heterocycles. The molecule has 0 aliphatic heterocycles. The largest absolute Gasteiger partial charge is 0.416 e. The van der Waals surface area contributed by atoms with Crippen molar-refractivity contribution in [2.45, 2.75) is 25.4 Å². The molecular weight excluding hydrogens is 251 g/mol. The Hall–Kier alpha value is -1.55. The third kappa shape index (κ3) is 2.59. The highest BCUT2D eigenvalue weighted by Gasteiger charge is 2.31. The van der Waals surface area contributed by atoms with Gasteiger partial charge in [0, 0.05) is 12.0 Å². The molecule has 0 heterocycles. The second-order valence-corrected chi connectivity index (χ2v) is 5.33. The Morgan fingerprint density at radius 2 is 1.74 bits per heavy atom. The Morgan fingerprint density at radius 1 is 1.05 bits per heavy atom. The van der Waals surface area contributed by atoms with Crippen LogP contribution in [0.2, 0.25) is 0 Å². The molecule has 0 spiro atoms. The average Bonchev–Trinajstić information content (AvgIpc) is 2.36. The molecule has 0 atom stereocenters. The third-order valence-electron chi connectivity index (χ3n) is 3.45. The molecule has 2 N–H and O–H groups in total. The van der Waals surface area contributed by atoms with E-state index in [1.54, 1.807) is 12.1 Å². The van der Waals surface area contributed by atoms with E-state index in [9.17, 15) is 13.2 Å². The van der Waals surface area contributed by atoms with Crippen LogP contribution in [0.5, 0.6) is 0 Å². The van der Waals surface area contributed by atoms with Gasteiger partial charge in [0.2, 0.25) is 0 Å². The van der Waals surface area contributed by atoms with Crippen LogP contribution in [0.1, 0.15) is 25.0 Å². The summed E-state index contributed by atoms with van der Waals surface area (Å²) in [4.78, 5) is 0. The highest BCUT2D eigenvalue weighted by Crippen LogP contribution is 2.34. The van der Waals surface area contributed by atoms with Crippen molar-refractivity contribution in [1.82, 2.24) is 0 Å². The van der Waals surface area contributed by atoms with E-state index in [0.29, 0.717) is 11.9 Å². The number of rotatable bonds is 2. The predicted octanol–water partition coefficient (Wildman–Crippen LogP) is 4.09. The quantitative estimate of drug-likeness (QED) is 0.871. The van der Waals surface area contributed by atoms with E-state index in [-0.39, 0.29) is 5.41 Å². The Balaban J connectivity index is 2.66. The van der Waals surface area contributed by atoms with Gasteiger partial charge in [-0.25, -0.2) is 0 Å². The van der Waals surface area contributed by atoms with Gasteiger partial charge in [-0.15, -0.1) is 0 Å². The number of nitrogens with two attached hydrogens (primary N) is 1. The minimum absolute atomic E-state index is 0.265. The number of alkyl halides is 3. The summed E-state index contributed by atoms with van der Waals surface area (Å²) in [5.74, 6) is 0. The van der Waals surface area contributed by atoms with Crippen LogP contribution in [0.25, 0.3) is 10.8 Å². The Kier molecular flexibility index (Phi) is 3.31. The van der Waals surface area contributed by atoms with E-state index in [1.807, 2.05) is 19.9 Å². The fraction of sp³-hybridized carbons (Fsp3) is 0.333. The van der Waals surface area contributed by atoms with Crippen LogP contribution < -0.4 is 5.73 Å². The molecule has 0 fully saturated rings. The molecule has 102 valence electrons. The molecule has 2 rings (SSSR count). The molecule has 1 nitrogen and oxygen atoms in total. The topological polar surface area (TPSA) is 26.0 Å². The van der Waals surface area contributed by atoms with Crippen molar-refractivity contribution in [1.29, 1.82) is 0 Å². The van der Waals surface area contributed by atoms with Gasteiger partial charge in [-0.05, 0) is 28.5 Å². The lowest BCUT2D eigenvalue weighted by Gasteiger charge is -2.25. The fourth-order valence-corrected chi connectivity index (χ4v) is 2.16. The first-order valence-electron chi connectivity index (χ1n) is 6.06. The number of hydrogen-bond donors (Lipinski definition) is 1. The maximum atomic E-state index is 12.7. The second-order valence-electron chi connectivity index (χ2n) is 5.33. The summed E-state index contributed by atoms with van der Waals surface area (Å²) >= 11 is 0. The zero-order valence-corrected chi connectivity index (χ0v) is 10.9. The molecule has 0 radical (unpaired) electrons. The molecule has 2 aromatic rings. The van der Waals surface area contributed by atoms with Crippen LogP contribution in [0.3, 0.4) is 0 Å². The molecule has 0 unspecified atom stereocenters. The number of benzene rings is 2. The smallest absolute Gasteiger partial charge is 0.330 e. The lowest BCUT2D eigenvalue weighted by molar-refractivity contribution is -0.137. The summed E-state index contributed by atoms with van der Waals surface area (Å²) in [5, 5.41) is 1.42. The van der Waals surface area contributed by atoms with Crippen LogP contribution in [0.4, 0.5) is 13.2 Å². The molecule has 0 aliphatic carbocycles. The van der Waals surface area contributed by atoms with Gasteiger partial charge >= 0.3 is 6.18 Å². The van der Waals surface area contributed by atoms with E-state index in [0.717, 1.165) is 17.0 Å². The average molecular weight is 267 g/mol. The lowest BCUT2D eigenvalue weighted by atomic mass is 9.81. The summed E-state index contributed by atoms with van der Waals surface area (Å²) in [6, 6.07) is 9.23. The first-order valence-corrected chi connectivity index (χ1v) is 6.06. The summed E-state index contributed by atoms with van der Waals surface area (Å²) in [6.45, 7) is 4.41. The van der Waals surface area contributed by atoms with Crippen molar-refractivity contribution in [3.63, 3.8) is 0 Å². The molecular formula is C15H16F3N. The van der Waals surface area contributed by atoms with Crippen LogP contribution in [0, 0.1) is 0 Å².